The number of carbonyl (C=O) groups is 2. The summed E-state index contributed by atoms with van der Waals surface area (Å²) in [5.41, 5.74) is -0.752. The topological polar surface area (TPSA) is 52.6 Å². The van der Waals surface area contributed by atoms with Gasteiger partial charge in [-0.1, -0.05) is 0 Å². The molecule has 0 unspecified atom stereocenters. The highest BCUT2D eigenvalue weighted by Crippen LogP contribution is 2.34. The molecule has 0 radical (unpaired) electrons. The molecule has 2 fully saturated rings. The molecule has 1 atom stereocenters. The molecule has 0 aromatic carbocycles. The van der Waals surface area contributed by atoms with E-state index in [0.717, 1.165) is 12.5 Å². The minimum atomic E-state index is -0.752. The van der Waals surface area contributed by atoms with Crippen molar-refractivity contribution in [1.29, 1.82) is 0 Å². The summed E-state index contributed by atoms with van der Waals surface area (Å²) in [6.45, 7) is 6.91. The zero-order chi connectivity index (χ0) is 13.5. The number of urea groups is 1. The van der Waals surface area contributed by atoms with Crippen molar-refractivity contribution in [1.82, 2.24) is 15.1 Å². The van der Waals surface area contributed by atoms with E-state index in [2.05, 4.69) is 24.2 Å². The number of hydrogen-bond donors (Lipinski definition) is 1. The van der Waals surface area contributed by atoms with E-state index in [9.17, 15) is 9.59 Å². The average molecular weight is 253 g/mol. The molecule has 2 aliphatic rings. The van der Waals surface area contributed by atoms with E-state index in [1.165, 1.54) is 17.7 Å². The Labute approximate surface area is 108 Å². The van der Waals surface area contributed by atoms with Crippen molar-refractivity contribution in [2.75, 3.05) is 20.1 Å². The van der Waals surface area contributed by atoms with Crippen molar-refractivity contribution in [2.24, 2.45) is 5.92 Å². The molecule has 0 bridgehead atoms. The molecule has 1 aliphatic heterocycles. The molecule has 1 aliphatic carbocycles. The number of likely N-dealkylation sites (N-methyl/N-ethyl adjacent to an activating group) is 1. The van der Waals surface area contributed by atoms with Crippen molar-refractivity contribution in [2.45, 2.75) is 45.2 Å². The molecule has 18 heavy (non-hydrogen) atoms. The molecule has 0 aromatic heterocycles. The van der Waals surface area contributed by atoms with Crippen LogP contribution in [0.5, 0.6) is 0 Å². The maximum atomic E-state index is 12.0. The van der Waals surface area contributed by atoms with Crippen LogP contribution in [0.15, 0.2) is 0 Å². The molecule has 5 nitrogen and oxygen atoms in total. The number of carbonyl (C=O) groups excluding carboxylic acids is 2. The number of imide groups is 1. The number of rotatable bonds is 5. The van der Waals surface area contributed by atoms with Crippen LogP contribution in [0.2, 0.25) is 0 Å². The van der Waals surface area contributed by atoms with Crippen LogP contribution < -0.4 is 5.32 Å². The lowest BCUT2D eigenvalue weighted by Crippen LogP contribution is -2.42. The SMILES string of the molecule is C[C@@H](C1CC1)N(C)CCN1C(=O)NC(C)(C)C1=O. The Balaban J connectivity index is 1.86. The van der Waals surface area contributed by atoms with Gasteiger partial charge in [-0.2, -0.15) is 0 Å². The second-order valence-electron chi connectivity index (χ2n) is 6.07. The Morgan fingerprint density at radius 2 is 2.06 bits per heavy atom. The first-order valence-electron chi connectivity index (χ1n) is 6.67. The van der Waals surface area contributed by atoms with Crippen LogP contribution in [0.3, 0.4) is 0 Å². The smallest absolute Gasteiger partial charge is 0.324 e. The number of nitrogens with zero attached hydrogens (tertiary/aromatic N) is 2. The zero-order valence-corrected chi connectivity index (χ0v) is 11.7. The molecular weight excluding hydrogens is 230 g/mol. The highest BCUT2D eigenvalue weighted by Gasteiger charge is 2.44. The first-order valence-corrected chi connectivity index (χ1v) is 6.67. The molecule has 0 spiro atoms. The van der Waals surface area contributed by atoms with Crippen molar-refractivity contribution in [3.63, 3.8) is 0 Å². The van der Waals surface area contributed by atoms with Crippen molar-refractivity contribution >= 4 is 11.9 Å². The zero-order valence-electron chi connectivity index (χ0n) is 11.7. The lowest BCUT2D eigenvalue weighted by atomic mass is 10.1. The molecule has 5 heteroatoms. The fraction of sp³-hybridized carbons (Fsp3) is 0.846. The maximum absolute atomic E-state index is 12.0. The summed E-state index contributed by atoms with van der Waals surface area (Å²) in [7, 11) is 2.06. The standard InChI is InChI=1S/C13H23N3O2/c1-9(10-5-6-10)15(4)7-8-16-11(17)13(2,3)14-12(16)18/h9-10H,5-8H2,1-4H3,(H,14,18)/t9-/m0/s1. The van der Waals surface area contributed by atoms with E-state index in [1.54, 1.807) is 13.8 Å². The minimum absolute atomic E-state index is 0.125. The fourth-order valence-electron chi connectivity index (χ4n) is 2.42. The summed E-state index contributed by atoms with van der Waals surface area (Å²) in [6, 6.07) is 0.274. The van der Waals surface area contributed by atoms with E-state index in [4.69, 9.17) is 0 Å². The van der Waals surface area contributed by atoms with Crippen molar-refractivity contribution in [3.8, 4) is 0 Å². The molecule has 102 valence electrons. The number of hydrogen-bond acceptors (Lipinski definition) is 3. The Hall–Kier alpha value is -1.10. The molecule has 0 aromatic rings. The van der Waals surface area contributed by atoms with Gasteiger partial charge in [-0.15, -0.1) is 0 Å². The van der Waals surface area contributed by atoms with Crippen LogP contribution in [0, 0.1) is 5.92 Å². The molecular formula is C13H23N3O2. The largest absolute Gasteiger partial charge is 0.325 e. The van der Waals surface area contributed by atoms with Crippen molar-refractivity contribution in [3.05, 3.63) is 0 Å². The summed E-state index contributed by atoms with van der Waals surface area (Å²) in [6.07, 6.45) is 2.61. The average Bonchev–Trinajstić information content (AvgIpc) is 3.07. The normalized spacial score (nSPS) is 24.6. The minimum Gasteiger partial charge on any atom is -0.324 e. The van der Waals surface area contributed by atoms with Gasteiger partial charge in [-0.05, 0) is 46.6 Å². The molecule has 1 saturated carbocycles. The highest BCUT2D eigenvalue weighted by molar-refractivity contribution is 6.06. The maximum Gasteiger partial charge on any atom is 0.325 e. The number of amides is 3. The summed E-state index contributed by atoms with van der Waals surface area (Å²) in [5, 5.41) is 2.70. The Morgan fingerprint density at radius 3 is 2.50 bits per heavy atom. The van der Waals surface area contributed by atoms with Gasteiger partial charge < -0.3 is 10.2 Å². The van der Waals surface area contributed by atoms with Gasteiger partial charge in [-0.3, -0.25) is 9.69 Å². The second-order valence-corrected chi connectivity index (χ2v) is 6.07. The van der Waals surface area contributed by atoms with Gasteiger partial charge in [0.1, 0.15) is 5.54 Å². The predicted molar refractivity (Wildman–Crippen MR) is 69.1 cm³/mol. The first-order chi connectivity index (χ1) is 8.33. The van der Waals surface area contributed by atoms with E-state index in [1.807, 2.05) is 0 Å². The van der Waals surface area contributed by atoms with E-state index in [-0.39, 0.29) is 11.9 Å². The van der Waals surface area contributed by atoms with E-state index < -0.39 is 5.54 Å². The Bertz CT molecular complexity index is 363. The second kappa shape index (κ2) is 4.53. The third-order valence-electron chi connectivity index (χ3n) is 4.12. The Morgan fingerprint density at radius 1 is 1.44 bits per heavy atom. The third-order valence-corrected chi connectivity index (χ3v) is 4.12. The van der Waals surface area contributed by atoms with Gasteiger partial charge >= 0.3 is 6.03 Å². The molecule has 1 N–H and O–H groups in total. The number of nitrogens with one attached hydrogen (secondary N) is 1. The summed E-state index contributed by atoms with van der Waals surface area (Å²) < 4.78 is 0. The summed E-state index contributed by atoms with van der Waals surface area (Å²) in [5.74, 6) is 0.675. The van der Waals surface area contributed by atoms with Gasteiger partial charge in [-0.25, -0.2) is 4.79 Å². The molecule has 2 rings (SSSR count). The van der Waals surface area contributed by atoms with Crippen LogP contribution in [0.4, 0.5) is 4.79 Å². The van der Waals surface area contributed by atoms with Crippen LogP contribution in [0.25, 0.3) is 0 Å². The summed E-state index contributed by atoms with van der Waals surface area (Å²) >= 11 is 0. The third kappa shape index (κ3) is 2.51. The van der Waals surface area contributed by atoms with Gasteiger partial charge in [0.15, 0.2) is 0 Å². The lowest BCUT2D eigenvalue weighted by Gasteiger charge is -2.26. The quantitative estimate of drug-likeness (QED) is 0.745. The van der Waals surface area contributed by atoms with Gasteiger partial charge in [0.25, 0.3) is 5.91 Å². The van der Waals surface area contributed by atoms with Gasteiger partial charge in [0.2, 0.25) is 0 Å². The van der Waals surface area contributed by atoms with Crippen LogP contribution in [-0.2, 0) is 4.79 Å². The van der Waals surface area contributed by atoms with Crippen molar-refractivity contribution < 1.29 is 9.59 Å². The van der Waals surface area contributed by atoms with Gasteiger partial charge in [0.05, 0.1) is 0 Å². The summed E-state index contributed by atoms with van der Waals surface area (Å²) in [4.78, 5) is 27.3. The lowest BCUT2D eigenvalue weighted by molar-refractivity contribution is -0.130. The molecule has 3 amide bonds. The predicted octanol–water partition coefficient (Wildman–Crippen LogP) is 1.05. The van der Waals surface area contributed by atoms with Crippen LogP contribution in [-0.4, -0.2) is 53.5 Å². The fourth-order valence-corrected chi connectivity index (χ4v) is 2.42. The first kappa shape index (κ1) is 13.3. The van der Waals surface area contributed by atoms with Crippen LogP contribution in [0.1, 0.15) is 33.6 Å². The molecule has 1 saturated heterocycles. The van der Waals surface area contributed by atoms with Crippen LogP contribution >= 0.6 is 0 Å². The monoisotopic (exact) mass is 253 g/mol. The highest BCUT2D eigenvalue weighted by atomic mass is 16.2. The molecule has 1 heterocycles. The Kier molecular flexibility index (Phi) is 3.36. The van der Waals surface area contributed by atoms with E-state index in [0.29, 0.717) is 12.6 Å². The van der Waals surface area contributed by atoms with Gasteiger partial charge in [0, 0.05) is 19.1 Å². The van der Waals surface area contributed by atoms with E-state index >= 15 is 0 Å².